The number of ether oxygens (including phenoxy) is 4. The van der Waals surface area contributed by atoms with Crippen molar-refractivity contribution in [3.63, 3.8) is 0 Å². The third-order valence-electron chi connectivity index (χ3n) is 15.5. The van der Waals surface area contributed by atoms with Gasteiger partial charge >= 0.3 is 0 Å². The van der Waals surface area contributed by atoms with E-state index in [0.29, 0.717) is 6.61 Å². The van der Waals surface area contributed by atoms with E-state index in [1.165, 1.54) is 25.7 Å². The fourth-order valence-corrected chi connectivity index (χ4v) is 13.1. The highest BCUT2D eigenvalue weighted by molar-refractivity contribution is 7.89. The molecular formula is C49H97NO10SSi4. The molecule has 0 unspecified atom stereocenters. The zero-order chi connectivity index (χ0) is 49.8. The van der Waals surface area contributed by atoms with Crippen LogP contribution in [0.25, 0.3) is 0 Å². The lowest BCUT2D eigenvalue weighted by Gasteiger charge is -2.44. The topological polar surface area (TPSA) is 120 Å². The van der Waals surface area contributed by atoms with E-state index >= 15 is 0 Å². The molecule has 1 N–H and O–H groups in total. The maximum absolute atomic E-state index is 13.8. The van der Waals surface area contributed by atoms with Crippen molar-refractivity contribution in [2.75, 3.05) is 19.8 Å². The van der Waals surface area contributed by atoms with Crippen LogP contribution in [-0.4, -0.2) is 111 Å². The number of hydrogen-bond acceptors (Lipinski definition) is 10. The maximum Gasteiger partial charge on any atom is 0.240 e. The summed E-state index contributed by atoms with van der Waals surface area (Å²) in [4.78, 5) is 0.193. The van der Waals surface area contributed by atoms with Gasteiger partial charge in [-0.1, -0.05) is 140 Å². The minimum atomic E-state index is -3.87. The largest absolute Gasteiger partial charge is 0.408 e. The lowest BCUT2D eigenvalue weighted by Crippen LogP contribution is -2.55. The standard InChI is InChI=1S/C49H97NO10SSi4/c1-23-24-25-26-27-28-33-53-44-43(60-65(21,22)49(12,13)14)41(58-63(17,18)47(6,7)8)39(56-44)35-54-45-42(59-64(19,20)48(9,10)11)40(57-62(15,16)46(3,4)5)38(55-45)34-50-61(51,52)37-31-29-36(2)30-32-37/h29-32,38-45,50H,23-28,33-35H2,1-22H3/t38-,39-,40-,41-,42+,43+,44+,45+/m1/s1. The average Bonchev–Trinajstić information content (AvgIpc) is 3.61. The van der Waals surface area contributed by atoms with Gasteiger partial charge in [-0.15, -0.1) is 0 Å². The van der Waals surface area contributed by atoms with Gasteiger partial charge in [-0.2, -0.15) is 0 Å². The first-order valence-corrected chi connectivity index (χ1v) is 37.8. The zero-order valence-corrected chi connectivity index (χ0v) is 50.1. The third kappa shape index (κ3) is 15.8. The summed E-state index contributed by atoms with van der Waals surface area (Å²) < 4.78 is 87.3. The minimum absolute atomic E-state index is 0.0272. The highest BCUT2D eigenvalue weighted by Crippen LogP contribution is 2.46. The Hall–Kier alpha value is -0.322. The molecule has 8 atom stereocenters. The molecule has 65 heavy (non-hydrogen) atoms. The summed E-state index contributed by atoms with van der Waals surface area (Å²) in [6.45, 7) is 49.5. The molecule has 0 aromatic heterocycles. The molecule has 0 radical (unpaired) electrons. The second-order valence-electron chi connectivity index (χ2n) is 25.1. The Morgan fingerprint density at radius 2 is 0.908 bits per heavy atom. The Balaban J connectivity index is 2.11. The summed E-state index contributed by atoms with van der Waals surface area (Å²) in [6, 6.07) is 6.86. The summed E-state index contributed by atoms with van der Waals surface area (Å²) in [5, 5.41) is -0.430. The molecule has 0 aliphatic carbocycles. The smallest absolute Gasteiger partial charge is 0.240 e. The van der Waals surface area contributed by atoms with Gasteiger partial charge in [0.05, 0.1) is 11.5 Å². The third-order valence-corrected chi connectivity index (χ3v) is 34.8. The van der Waals surface area contributed by atoms with Crippen LogP contribution in [0, 0.1) is 6.92 Å². The van der Waals surface area contributed by atoms with Crippen LogP contribution in [0.5, 0.6) is 0 Å². The van der Waals surface area contributed by atoms with Crippen LogP contribution < -0.4 is 4.72 Å². The Labute approximate surface area is 402 Å². The molecule has 2 saturated heterocycles. The van der Waals surface area contributed by atoms with E-state index in [9.17, 15) is 8.42 Å². The number of sulfonamides is 1. The van der Waals surface area contributed by atoms with Gasteiger partial charge in [0.1, 0.15) is 36.6 Å². The van der Waals surface area contributed by atoms with Crippen molar-refractivity contribution in [1.82, 2.24) is 4.72 Å². The summed E-state index contributed by atoms with van der Waals surface area (Å²) in [5.74, 6) is 0. The van der Waals surface area contributed by atoms with Gasteiger partial charge in [0, 0.05) is 13.2 Å². The van der Waals surface area contributed by atoms with E-state index in [-0.39, 0.29) is 38.2 Å². The molecule has 2 heterocycles. The SMILES string of the molecule is CCCCCCCCO[C@H]1O[C@H](CO[C@H]2O[C@H](CNS(=O)(=O)c3ccc(C)cc3)[C@@H](O[Si](C)(C)C(C)(C)C)[C@@H]2O[Si](C)(C)C(C)(C)C)[C@@H](O[Si](C)(C)C(C)(C)C)[C@@H]1O[Si](C)(C)C(C)(C)C. The highest BCUT2D eigenvalue weighted by atomic mass is 32.2. The van der Waals surface area contributed by atoms with Crippen molar-refractivity contribution in [2.45, 2.75) is 262 Å². The minimum Gasteiger partial charge on any atom is -0.408 e. The Kier molecular flexibility index (Phi) is 20.3. The van der Waals surface area contributed by atoms with Crippen LogP contribution in [-0.2, 0) is 46.7 Å². The van der Waals surface area contributed by atoms with Crippen LogP contribution in [0.1, 0.15) is 134 Å². The quantitative estimate of drug-likeness (QED) is 0.0838. The van der Waals surface area contributed by atoms with Crippen molar-refractivity contribution < 1.29 is 45.1 Å². The number of aryl methyl sites for hydroxylation is 1. The number of unbranched alkanes of at least 4 members (excludes halogenated alkanes) is 5. The average molecular weight is 1000 g/mol. The van der Waals surface area contributed by atoms with Gasteiger partial charge in [0.15, 0.2) is 45.8 Å². The first-order chi connectivity index (χ1) is 29.4. The Morgan fingerprint density at radius 1 is 0.538 bits per heavy atom. The maximum atomic E-state index is 13.8. The monoisotopic (exact) mass is 1000 g/mol. The van der Waals surface area contributed by atoms with Crippen LogP contribution in [0.15, 0.2) is 29.2 Å². The molecule has 1 aromatic carbocycles. The predicted molar refractivity (Wildman–Crippen MR) is 277 cm³/mol. The van der Waals surface area contributed by atoms with Crippen molar-refractivity contribution in [3.05, 3.63) is 29.8 Å². The van der Waals surface area contributed by atoms with Gasteiger partial charge in [0.25, 0.3) is 0 Å². The molecule has 0 spiro atoms. The molecule has 3 rings (SSSR count). The molecule has 2 aliphatic rings. The van der Waals surface area contributed by atoms with Crippen LogP contribution in [0.4, 0.5) is 0 Å². The van der Waals surface area contributed by atoms with Crippen molar-refractivity contribution in [3.8, 4) is 0 Å². The van der Waals surface area contributed by atoms with E-state index in [1.807, 2.05) is 6.92 Å². The first kappa shape index (κ1) is 59.0. The number of nitrogens with one attached hydrogen (secondary N) is 1. The molecule has 380 valence electrons. The zero-order valence-electron chi connectivity index (χ0n) is 45.3. The van der Waals surface area contributed by atoms with Crippen molar-refractivity contribution in [1.29, 1.82) is 0 Å². The van der Waals surface area contributed by atoms with Crippen LogP contribution in [0.3, 0.4) is 0 Å². The number of rotatable bonds is 23. The van der Waals surface area contributed by atoms with Crippen molar-refractivity contribution >= 4 is 43.3 Å². The van der Waals surface area contributed by atoms with Gasteiger partial charge in [-0.25, -0.2) is 13.1 Å². The van der Waals surface area contributed by atoms with E-state index in [2.05, 4.69) is 147 Å². The molecular weight excluding hydrogens is 907 g/mol. The van der Waals surface area contributed by atoms with E-state index in [1.54, 1.807) is 24.3 Å². The molecule has 16 heteroatoms. The molecule has 2 aliphatic heterocycles. The predicted octanol–water partition coefficient (Wildman–Crippen LogP) is 12.7. The highest BCUT2D eigenvalue weighted by Gasteiger charge is 2.57. The molecule has 0 amide bonds. The fourth-order valence-electron chi connectivity index (χ4n) is 6.82. The Morgan fingerprint density at radius 3 is 1.34 bits per heavy atom. The molecule has 1 aromatic rings. The van der Waals surface area contributed by atoms with Gasteiger partial charge in [0.2, 0.25) is 10.0 Å². The van der Waals surface area contributed by atoms with Gasteiger partial charge in [-0.3, -0.25) is 0 Å². The molecule has 0 saturated carbocycles. The summed E-state index contributed by atoms with van der Waals surface area (Å²) in [7, 11) is -13.6. The fraction of sp³-hybridized carbons (Fsp3) is 0.878. The Bertz CT molecular complexity index is 1730. The molecule has 2 fully saturated rings. The lowest BCUT2D eigenvalue weighted by atomic mass is 10.1. The number of benzene rings is 1. The first-order valence-electron chi connectivity index (χ1n) is 24.7. The molecule has 0 bridgehead atoms. The van der Waals surface area contributed by atoms with E-state index in [0.717, 1.165) is 18.4 Å². The molecule has 11 nitrogen and oxygen atoms in total. The van der Waals surface area contributed by atoms with E-state index < -0.39 is 92.5 Å². The second-order valence-corrected chi connectivity index (χ2v) is 45.9. The summed E-state index contributed by atoms with van der Waals surface area (Å²) in [5.41, 5.74) is 0.980. The second kappa shape index (κ2) is 22.4. The van der Waals surface area contributed by atoms with Crippen LogP contribution in [0.2, 0.25) is 72.5 Å². The summed E-state index contributed by atoms with van der Waals surface area (Å²) in [6.07, 6.45) is 1.91. The normalized spacial score (nSPS) is 25.8. The van der Waals surface area contributed by atoms with E-state index in [4.69, 9.17) is 36.7 Å². The summed E-state index contributed by atoms with van der Waals surface area (Å²) >= 11 is 0. The van der Waals surface area contributed by atoms with Crippen LogP contribution >= 0.6 is 0 Å². The lowest BCUT2D eigenvalue weighted by molar-refractivity contribution is -0.202. The van der Waals surface area contributed by atoms with Gasteiger partial charge < -0.3 is 36.7 Å². The van der Waals surface area contributed by atoms with Gasteiger partial charge in [-0.05, 0) is 98.0 Å². The van der Waals surface area contributed by atoms with Crippen molar-refractivity contribution in [2.24, 2.45) is 0 Å². The number of hydrogen-bond donors (Lipinski definition) is 1.